The number of carbonyl (C=O) groups is 2. The van der Waals surface area contributed by atoms with E-state index in [4.69, 9.17) is 9.84 Å². The van der Waals surface area contributed by atoms with Crippen LogP contribution < -0.4 is 0 Å². The maximum atomic E-state index is 11.6. The molecule has 1 N–H and O–H groups in total. The van der Waals surface area contributed by atoms with Gasteiger partial charge in [-0.2, -0.15) is 0 Å². The lowest BCUT2D eigenvalue weighted by Crippen LogP contribution is -2.39. The zero-order valence-corrected chi connectivity index (χ0v) is 9.93. The average Bonchev–Trinajstić information content (AvgIpc) is 2.69. The van der Waals surface area contributed by atoms with Gasteiger partial charge < -0.3 is 14.7 Å². The third-order valence-electron chi connectivity index (χ3n) is 3.73. The van der Waals surface area contributed by atoms with E-state index in [0.717, 1.165) is 32.5 Å². The highest BCUT2D eigenvalue weighted by molar-refractivity contribution is 5.87. The fourth-order valence-electron chi connectivity index (χ4n) is 2.63. The first kappa shape index (κ1) is 12.4. The van der Waals surface area contributed by atoms with Crippen molar-refractivity contribution in [2.24, 2.45) is 5.92 Å². The summed E-state index contributed by atoms with van der Waals surface area (Å²) in [6.45, 7) is 2.17. The van der Waals surface area contributed by atoms with Crippen molar-refractivity contribution in [1.29, 1.82) is 0 Å². The Kier molecular flexibility index (Phi) is 3.99. The van der Waals surface area contributed by atoms with Crippen molar-refractivity contribution in [2.75, 3.05) is 19.8 Å². The molecular weight excluding hydrogens is 222 g/mol. The quantitative estimate of drug-likeness (QED) is 0.793. The first-order valence-corrected chi connectivity index (χ1v) is 6.28. The standard InChI is InChI=1S/C12H19NO4/c14-11-2-1-10(12(15)16)13(11)6-3-9-4-7-17-8-5-9/h9-10H,1-8H2,(H,15,16). The van der Waals surface area contributed by atoms with Gasteiger partial charge in [-0.3, -0.25) is 4.79 Å². The van der Waals surface area contributed by atoms with Crippen molar-refractivity contribution in [3.8, 4) is 0 Å². The Balaban J connectivity index is 1.83. The van der Waals surface area contributed by atoms with Crippen LogP contribution in [0.25, 0.3) is 0 Å². The van der Waals surface area contributed by atoms with Gasteiger partial charge in [-0.25, -0.2) is 4.79 Å². The average molecular weight is 241 g/mol. The third kappa shape index (κ3) is 2.97. The lowest BCUT2D eigenvalue weighted by molar-refractivity contribution is -0.146. The molecule has 0 radical (unpaired) electrons. The molecule has 5 heteroatoms. The summed E-state index contributed by atoms with van der Waals surface area (Å²) >= 11 is 0. The van der Waals surface area contributed by atoms with Crippen LogP contribution in [0.3, 0.4) is 0 Å². The number of carbonyl (C=O) groups excluding carboxylic acids is 1. The lowest BCUT2D eigenvalue weighted by Gasteiger charge is -2.26. The molecule has 0 aromatic carbocycles. The summed E-state index contributed by atoms with van der Waals surface area (Å²) in [5.41, 5.74) is 0. The van der Waals surface area contributed by atoms with Crippen molar-refractivity contribution < 1.29 is 19.4 Å². The number of rotatable bonds is 4. The van der Waals surface area contributed by atoms with Crippen LogP contribution in [0.15, 0.2) is 0 Å². The Morgan fingerprint density at radius 2 is 2.06 bits per heavy atom. The van der Waals surface area contributed by atoms with E-state index in [1.54, 1.807) is 0 Å². The van der Waals surface area contributed by atoms with Crippen LogP contribution in [-0.2, 0) is 14.3 Å². The monoisotopic (exact) mass is 241 g/mol. The molecule has 17 heavy (non-hydrogen) atoms. The van der Waals surface area contributed by atoms with E-state index in [1.807, 2.05) is 0 Å². The summed E-state index contributed by atoms with van der Waals surface area (Å²) in [6, 6.07) is -0.595. The Morgan fingerprint density at radius 3 is 2.71 bits per heavy atom. The summed E-state index contributed by atoms with van der Waals surface area (Å²) < 4.78 is 5.28. The van der Waals surface area contributed by atoms with E-state index in [9.17, 15) is 9.59 Å². The van der Waals surface area contributed by atoms with Crippen molar-refractivity contribution in [2.45, 2.75) is 38.1 Å². The SMILES string of the molecule is O=C(O)C1CCC(=O)N1CCC1CCOCC1. The Morgan fingerprint density at radius 1 is 1.35 bits per heavy atom. The van der Waals surface area contributed by atoms with Crippen LogP contribution in [0.2, 0.25) is 0 Å². The normalized spacial score (nSPS) is 26.5. The van der Waals surface area contributed by atoms with E-state index < -0.39 is 12.0 Å². The number of ether oxygens (including phenoxy) is 1. The van der Waals surface area contributed by atoms with E-state index >= 15 is 0 Å². The number of carboxylic acids is 1. The molecule has 2 heterocycles. The fraction of sp³-hybridized carbons (Fsp3) is 0.833. The molecule has 0 saturated carbocycles. The first-order chi connectivity index (χ1) is 8.18. The van der Waals surface area contributed by atoms with Gasteiger partial charge in [0.1, 0.15) is 6.04 Å². The fourth-order valence-corrected chi connectivity index (χ4v) is 2.63. The highest BCUT2D eigenvalue weighted by Crippen LogP contribution is 2.23. The van der Waals surface area contributed by atoms with Gasteiger partial charge in [0.2, 0.25) is 5.91 Å². The summed E-state index contributed by atoms with van der Waals surface area (Å²) in [6.07, 6.45) is 3.80. The molecule has 1 unspecified atom stereocenters. The minimum atomic E-state index is -0.872. The van der Waals surface area contributed by atoms with Gasteiger partial charge in [0, 0.05) is 26.2 Å². The number of carboxylic acid groups (broad SMARTS) is 1. The molecule has 96 valence electrons. The number of amides is 1. The number of nitrogens with zero attached hydrogens (tertiary/aromatic N) is 1. The predicted octanol–water partition coefficient (Wildman–Crippen LogP) is 0.879. The van der Waals surface area contributed by atoms with Gasteiger partial charge in [-0.05, 0) is 31.6 Å². The van der Waals surface area contributed by atoms with Gasteiger partial charge in [0.05, 0.1) is 0 Å². The molecule has 1 amide bonds. The van der Waals surface area contributed by atoms with Crippen LogP contribution in [0.5, 0.6) is 0 Å². The molecule has 0 spiro atoms. The van der Waals surface area contributed by atoms with Crippen molar-refractivity contribution in [1.82, 2.24) is 4.90 Å². The van der Waals surface area contributed by atoms with Gasteiger partial charge in [-0.15, -0.1) is 0 Å². The molecule has 2 fully saturated rings. The molecule has 2 saturated heterocycles. The van der Waals surface area contributed by atoms with E-state index in [1.165, 1.54) is 4.90 Å². The predicted molar refractivity (Wildman–Crippen MR) is 60.5 cm³/mol. The van der Waals surface area contributed by atoms with Crippen LogP contribution >= 0.6 is 0 Å². The maximum Gasteiger partial charge on any atom is 0.326 e. The molecule has 0 aromatic rings. The minimum absolute atomic E-state index is 0.00976. The molecule has 5 nitrogen and oxygen atoms in total. The second kappa shape index (κ2) is 5.49. The molecule has 0 bridgehead atoms. The van der Waals surface area contributed by atoms with Crippen molar-refractivity contribution in [3.05, 3.63) is 0 Å². The summed E-state index contributed by atoms with van der Waals surface area (Å²) in [5.74, 6) is -0.307. The second-order valence-corrected chi connectivity index (χ2v) is 4.82. The Hall–Kier alpha value is -1.10. The van der Waals surface area contributed by atoms with Crippen LogP contribution in [0.1, 0.15) is 32.1 Å². The lowest BCUT2D eigenvalue weighted by atomic mass is 9.96. The number of aliphatic carboxylic acids is 1. The van der Waals surface area contributed by atoms with Gasteiger partial charge in [-0.1, -0.05) is 0 Å². The Labute approximate surface area is 101 Å². The van der Waals surface area contributed by atoms with Crippen molar-refractivity contribution >= 4 is 11.9 Å². The summed E-state index contributed by atoms with van der Waals surface area (Å²) in [4.78, 5) is 24.1. The summed E-state index contributed by atoms with van der Waals surface area (Å²) in [5, 5.41) is 9.02. The molecule has 0 aromatic heterocycles. The number of hydrogen-bond donors (Lipinski definition) is 1. The number of likely N-dealkylation sites (tertiary alicyclic amines) is 1. The third-order valence-corrected chi connectivity index (χ3v) is 3.73. The van der Waals surface area contributed by atoms with E-state index in [2.05, 4.69) is 0 Å². The molecule has 2 aliphatic rings. The van der Waals surface area contributed by atoms with Gasteiger partial charge in [0.25, 0.3) is 0 Å². The van der Waals surface area contributed by atoms with Crippen LogP contribution in [0, 0.1) is 5.92 Å². The largest absolute Gasteiger partial charge is 0.480 e. The second-order valence-electron chi connectivity index (χ2n) is 4.82. The molecule has 0 aliphatic carbocycles. The molecule has 2 aliphatic heterocycles. The molecule has 2 rings (SSSR count). The van der Waals surface area contributed by atoms with Crippen LogP contribution in [-0.4, -0.2) is 47.7 Å². The van der Waals surface area contributed by atoms with Crippen LogP contribution in [0.4, 0.5) is 0 Å². The van der Waals surface area contributed by atoms with Gasteiger partial charge in [0.15, 0.2) is 0 Å². The minimum Gasteiger partial charge on any atom is -0.480 e. The van der Waals surface area contributed by atoms with Crippen molar-refractivity contribution in [3.63, 3.8) is 0 Å². The van der Waals surface area contributed by atoms with E-state index in [0.29, 0.717) is 25.3 Å². The number of hydrogen-bond acceptors (Lipinski definition) is 3. The Bertz CT molecular complexity index is 299. The zero-order chi connectivity index (χ0) is 12.3. The molecule has 1 atom stereocenters. The molecular formula is C12H19NO4. The highest BCUT2D eigenvalue weighted by atomic mass is 16.5. The first-order valence-electron chi connectivity index (χ1n) is 6.28. The zero-order valence-electron chi connectivity index (χ0n) is 9.93. The maximum absolute atomic E-state index is 11.6. The topological polar surface area (TPSA) is 66.8 Å². The highest BCUT2D eigenvalue weighted by Gasteiger charge is 2.35. The van der Waals surface area contributed by atoms with E-state index in [-0.39, 0.29) is 5.91 Å². The van der Waals surface area contributed by atoms with Gasteiger partial charge >= 0.3 is 5.97 Å². The smallest absolute Gasteiger partial charge is 0.326 e. The summed E-state index contributed by atoms with van der Waals surface area (Å²) in [7, 11) is 0.